The van der Waals surface area contributed by atoms with Crippen molar-refractivity contribution >= 4 is 27.3 Å². The molecule has 1 saturated carbocycles. The second-order valence-electron chi connectivity index (χ2n) is 4.80. The zero-order valence-corrected chi connectivity index (χ0v) is 11.9. The number of nitrogens with two attached hydrogens (primary N) is 1. The Labute approximate surface area is 117 Å². The van der Waals surface area contributed by atoms with Gasteiger partial charge in [0.25, 0.3) is 0 Å². The molecule has 3 N–H and O–H groups in total. The van der Waals surface area contributed by atoms with Gasteiger partial charge in [-0.15, -0.1) is 0 Å². The van der Waals surface area contributed by atoms with Crippen molar-refractivity contribution in [2.24, 2.45) is 5.92 Å². The largest absolute Gasteiger partial charge is 0.399 e. The van der Waals surface area contributed by atoms with E-state index in [0.717, 1.165) is 25.3 Å². The minimum Gasteiger partial charge on any atom is -0.399 e. The molecule has 0 atom stereocenters. The van der Waals surface area contributed by atoms with Gasteiger partial charge in [-0.25, -0.2) is 17.5 Å². The van der Waals surface area contributed by atoms with Gasteiger partial charge in [0, 0.05) is 12.2 Å². The Balaban J connectivity index is 2.09. The molecule has 4 nitrogen and oxygen atoms in total. The zero-order valence-electron chi connectivity index (χ0n) is 10.3. The summed E-state index contributed by atoms with van der Waals surface area (Å²) in [5.74, 6) is -0.385. The molecule has 1 fully saturated rings. The molecular weight excluding hydrogens is 291 g/mol. The molecule has 1 aromatic carbocycles. The first-order chi connectivity index (χ1) is 8.90. The molecular formula is C12H16ClFN2O2S. The number of rotatable bonds is 5. The van der Waals surface area contributed by atoms with Crippen LogP contribution >= 0.6 is 11.6 Å². The highest BCUT2D eigenvalue weighted by Gasteiger charge is 2.23. The predicted molar refractivity (Wildman–Crippen MR) is 73.0 cm³/mol. The normalized spacial score (nSPS) is 16.3. The van der Waals surface area contributed by atoms with E-state index in [-0.39, 0.29) is 10.7 Å². The minimum atomic E-state index is -3.91. The number of nitrogens with one attached hydrogen (secondary N) is 1. The van der Waals surface area contributed by atoms with Crippen LogP contribution in [-0.4, -0.2) is 15.0 Å². The van der Waals surface area contributed by atoms with E-state index in [1.54, 1.807) is 0 Å². The van der Waals surface area contributed by atoms with Crippen molar-refractivity contribution in [1.82, 2.24) is 4.72 Å². The lowest BCUT2D eigenvalue weighted by molar-refractivity contribution is 0.297. The summed E-state index contributed by atoms with van der Waals surface area (Å²) in [6.07, 6.45) is 4.26. The highest BCUT2D eigenvalue weighted by molar-refractivity contribution is 7.89. The van der Waals surface area contributed by atoms with Gasteiger partial charge in [-0.1, -0.05) is 30.9 Å². The van der Waals surface area contributed by atoms with Crippen molar-refractivity contribution < 1.29 is 12.8 Å². The Morgan fingerprint density at radius 2 is 2.11 bits per heavy atom. The predicted octanol–water partition coefficient (Wildman–Crippen LogP) is 2.53. The molecule has 1 aliphatic carbocycles. The molecule has 0 unspecified atom stereocenters. The lowest BCUT2D eigenvalue weighted by Crippen LogP contribution is -2.28. The molecule has 0 bridgehead atoms. The van der Waals surface area contributed by atoms with E-state index in [0.29, 0.717) is 12.5 Å². The van der Waals surface area contributed by atoms with Crippen LogP contribution in [0.1, 0.15) is 25.7 Å². The van der Waals surface area contributed by atoms with Gasteiger partial charge >= 0.3 is 0 Å². The van der Waals surface area contributed by atoms with Crippen molar-refractivity contribution in [3.05, 3.63) is 23.0 Å². The first-order valence-corrected chi connectivity index (χ1v) is 8.00. The maximum absolute atomic E-state index is 13.7. The second kappa shape index (κ2) is 5.64. The molecule has 0 aromatic heterocycles. The molecule has 7 heteroatoms. The molecule has 0 heterocycles. The van der Waals surface area contributed by atoms with E-state index in [1.165, 1.54) is 12.5 Å². The Hall–Kier alpha value is -0.850. The first-order valence-electron chi connectivity index (χ1n) is 6.14. The molecule has 2 rings (SSSR count). The third kappa shape index (κ3) is 3.38. The number of sulfonamides is 1. The van der Waals surface area contributed by atoms with Gasteiger partial charge in [0.1, 0.15) is 4.90 Å². The maximum atomic E-state index is 13.7. The molecule has 0 aliphatic heterocycles. The summed E-state index contributed by atoms with van der Waals surface area (Å²) >= 11 is 5.59. The van der Waals surface area contributed by atoms with Crippen molar-refractivity contribution in [1.29, 1.82) is 0 Å². The van der Waals surface area contributed by atoms with E-state index < -0.39 is 20.7 Å². The number of hydrogen-bond donors (Lipinski definition) is 2. The Kier molecular flexibility index (Phi) is 4.32. The van der Waals surface area contributed by atoms with Crippen LogP contribution in [0.5, 0.6) is 0 Å². The fraction of sp³-hybridized carbons (Fsp3) is 0.500. The van der Waals surface area contributed by atoms with Crippen LogP contribution in [0.3, 0.4) is 0 Å². The Morgan fingerprint density at radius 3 is 2.68 bits per heavy atom. The van der Waals surface area contributed by atoms with Crippen molar-refractivity contribution in [2.45, 2.75) is 30.6 Å². The third-order valence-corrected chi connectivity index (χ3v) is 5.11. The summed E-state index contributed by atoms with van der Waals surface area (Å²) in [4.78, 5) is -0.494. The average molecular weight is 307 g/mol. The number of hydrogen-bond acceptors (Lipinski definition) is 3. The van der Waals surface area contributed by atoms with E-state index in [1.807, 2.05) is 0 Å². The molecule has 106 valence electrons. The summed E-state index contributed by atoms with van der Waals surface area (Å²) in [5, 5.41) is -0.292. The van der Waals surface area contributed by atoms with Gasteiger partial charge in [-0.2, -0.15) is 0 Å². The quantitative estimate of drug-likeness (QED) is 0.821. The van der Waals surface area contributed by atoms with Gasteiger partial charge in [0.2, 0.25) is 10.0 Å². The fourth-order valence-electron chi connectivity index (χ4n) is 2.04. The minimum absolute atomic E-state index is 0.116. The molecule has 1 aliphatic rings. The number of anilines is 1. The van der Waals surface area contributed by atoms with Gasteiger partial charge in [-0.3, -0.25) is 0 Å². The van der Waals surface area contributed by atoms with Gasteiger partial charge in [-0.05, 0) is 24.5 Å². The van der Waals surface area contributed by atoms with Crippen molar-refractivity contribution in [3.8, 4) is 0 Å². The fourth-order valence-corrected chi connectivity index (χ4v) is 3.50. The van der Waals surface area contributed by atoms with Crippen LogP contribution < -0.4 is 10.5 Å². The van der Waals surface area contributed by atoms with Crippen LogP contribution in [0.4, 0.5) is 10.1 Å². The zero-order chi connectivity index (χ0) is 14.0. The summed E-state index contributed by atoms with van der Waals surface area (Å²) in [7, 11) is -3.91. The topological polar surface area (TPSA) is 72.2 Å². The SMILES string of the molecule is Nc1cc(Cl)c(F)c(S(=O)(=O)NCCC2CCC2)c1. The van der Waals surface area contributed by atoms with Crippen LogP contribution in [0.15, 0.2) is 17.0 Å². The van der Waals surface area contributed by atoms with E-state index in [2.05, 4.69) is 4.72 Å². The summed E-state index contributed by atoms with van der Waals surface area (Å²) in [6, 6.07) is 2.26. The monoisotopic (exact) mass is 306 g/mol. The smallest absolute Gasteiger partial charge is 0.243 e. The highest BCUT2D eigenvalue weighted by Crippen LogP contribution is 2.29. The molecule has 0 amide bonds. The maximum Gasteiger partial charge on any atom is 0.243 e. The Bertz CT molecular complexity index is 573. The number of nitrogen functional groups attached to an aromatic ring is 1. The van der Waals surface area contributed by atoms with E-state index in [9.17, 15) is 12.8 Å². The molecule has 19 heavy (non-hydrogen) atoms. The van der Waals surface area contributed by atoms with E-state index >= 15 is 0 Å². The van der Waals surface area contributed by atoms with E-state index in [4.69, 9.17) is 17.3 Å². The summed E-state index contributed by atoms with van der Waals surface area (Å²) < 4.78 is 40.1. The van der Waals surface area contributed by atoms with Crippen LogP contribution in [0, 0.1) is 11.7 Å². The van der Waals surface area contributed by atoms with Crippen LogP contribution in [0.2, 0.25) is 5.02 Å². The first kappa shape index (κ1) is 14.6. The average Bonchev–Trinajstić information content (AvgIpc) is 2.26. The van der Waals surface area contributed by atoms with Crippen molar-refractivity contribution in [2.75, 3.05) is 12.3 Å². The lowest BCUT2D eigenvalue weighted by Gasteiger charge is -2.25. The Morgan fingerprint density at radius 1 is 1.42 bits per heavy atom. The standard InChI is InChI=1S/C12H16ClFN2O2S/c13-10-6-9(15)7-11(12(10)14)19(17,18)16-5-4-8-2-1-3-8/h6-8,16H,1-5,15H2. The van der Waals surface area contributed by atoms with Crippen molar-refractivity contribution in [3.63, 3.8) is 0 Å². The summed E-state index contributed by atoms with van der Waals surface area (Å²) in [5.41, 5.74) is 5.61. The van der Waals surface area contributed by atoms with Crippen LogP contribution in [-0.2, 0) is 10.0 Å². The molecule has 0 radical (unpaired) electrons. The van der Waals surface area contributed by atoms with Gasteiger partial charge < -0.3 is 5.73 Å². The molecule has 0 saturated heterocycles. The van der Waals surface area contributed by atoms with Crippen LogP contribution in [0.25, 0.3) is 0 Å². The molecule has 0 spiro atoms. The van der Waals surface area contributed by atoms with Gasteiger partial charge in [0.05, 0.1) is 5.02 Å². The lowest BCUT2D eigenvalue weighted by atomic mass is 9.83. The second-order valence-corrected chi connectivity index (χ2v) is 6.94. The molecule has 1 aromatic rings. The summed E-state index contributed by atoms with van der Waals surface area (Å²) in [6.45, 7) is 0.304. The number of benzene rings is 1. The highest BCUT2D eigenvalue weighted by atomic mass is 35.5. The third-order valence-electron chi connectivity index (χ3n) is 3.38. The number of halogens is 2. The van der Waals surface area contributed by atoms with Gasteiger partial charge in [0.15, 0.2) is 5.82 Å².